The van der Waals surface area contributed by atoms with Gasteiger partial charge in [-0.15, -0.1) is 0 Å². The van der Waals surface area contributed by atoms with E-state index in [1.165, 1.54) is 11.5 Å². The maximum atomic E-state index is 14.0. The summed E-state index contributed by atoms with van der Waals surface area (Å²) in [5.41, 5.74) is 1.91. The average molecular weight is 381 g/mol. The fourth-order valence-electron chi connectivity index (χ4n) is 3.55. The normalized spacial score (nSPS) is 19.7. The Balaban J connectivity index is 2.13. The van der Waals surface area contributed by atoms with Crippen LogP contribution in [0.2, 0.25) is 0 Å². The van der Waals surface area contributed by atoms with Crippen molar-refractivity contribution in [1.82, 2.24) is 10.4 Å². The Bertz CT molecular complexity index is 670. The Labute approximate surface area is 158 Å². The maximum absolute atomic E-state index is 14.0. The van der Waals surface area contributed by atoms with Crippen molar-refractivity contribution in [2.45, 2.75) is 39.3 Å². The number of aliphatic hydroxyl groups is 1. The summed E-state index contributed by atoms with van der Waals surface area (Å²) in [5, 5.41) is 19.0. The van der Waals surface area contributed by atoms with E-state index >= 15 is 0 Å². The Morgan fingerprint density at radius 1 is 1.30 bits per heavy atom. The van der Waals surface area contributed by atoms with E-state index < -0.39 is 17.9 Å². The van der Waals surface area contributed by atoms with Crippen LogP contribution in [0.1, 0.15) is 27.2 Å². The minimum Gasteiger partial charge on any atom is -0.382 e. The summed E-state index contributed by atoms with van der Waals surface area (Å²) >= 11 is 0. The molecule has 0 bridgehead atoms. The van der Waals surface area contributed by atoms with Crippen molar-refractivity contribution in [3.05, 3.63) is 30.1 Å². The van der Waals surface area contributed by atoms with Crippen molar-refractivity contribution < 1.29 is 24.3 Å². The topological polar surface area (TPSA) is 93.1 Å². The molecule has 2 rings (SSSR count). The smallest absolute Gasteiger partial charge is 0.272 e. The molecule has 0 radical (unpaired) electrons. The molecular formula is C19H28FN3O4. The van der Waals surface area contributed by atoms with Crippen LogP contribution < -0.4 is 10.4 Å². The molecular weight excluding hydrogens is 353 g/mol. The molecule has 1 saturated heterocycles. The third kappa shape index (κ3) is 4.95. The van der Waals surface area contributed by atoms with Gasteiger partial charge in [0.05, 0.1) is 11.6 Å². The third-order valence-corrected chi connectivity index (χ3v) is 4.91. The van der Waals surface area contributed by atoms with Gasteiger partial charge in [-0.05, 0) is 31.4 Å². The molecule has 0 aliphatic carbocycles. The van der Waals surface area contributed by atoms with E-state index in [-0.39, 0.29) is 23.7 Å². The van der Waals surface area contributed by atoms with E-state index in [1.807, 2.05) is 25.7 Å². The van der Waals surface area contributed by atoms with Crippen LogP contribution in [-0.4, -0.2) is 58.8 Å². The molecule has 1 aromatic rings. The molecule has 150 valence electrons. The third-order valence-electron chi connectivity index (χ3n) is 4.91. The van der Waals surface area contributed by atoms with Gasteiger partial charge in [0, 0.05) is 25.7 Å². The molecule has 0 aromatic heterocycles. The van der Waals surface area contributed by atoms with Crippen molar-refractivity contribution in [2.75, 3.05) is 24.5 Å². The fraction of sp³-hybridized carbons (Fsp3) is 0.579. The number of anilines is 1. The number of hydrogen-bond donors (Lipinski definition) is 3. The second-order valence-corrected chi connectivity index (χ2v) is 7.44. The number of rotatable bonds is 6. The predicted octanol–water partition coefficient (Wildman–Crippen LogP) is 1.39. The highest BCUT2D eigenvalue weighted by Gasteiger charge is 2.38. The number of para-hydroxylation sites is 1. The lowest BCUT2D eigenvalue weighted by Crippen LogP contribution is -2.57. The largest absolute Gasteiger partial charge is 0.382 e. The Morgan fingerprint density at radius 3 is 2.52 bits per heavy atom. The van der Waals surface area contributed by atoms with Crippen molar-refractivity contribution >= 4 is 17.5 Å². The molecule has 7 nitrogen and oxygen atoms in total. The van der Waals surface area contributed by atoms with E-state index in [4.69, 9.17) is 5.21 Å². The Kier molecular flexibility index (Phi) is 7.15. The van der Waals surface area contributed by atoms with Crippen LogP contribution in [0.25, 0.3) is 0 Å². The molecule has 0 spiro atoms. The van der Waals surface area contributed by atoms with E-state index in [2.05, 4.69) is 0 Å². The molecule has 1 aliphatic heterocycles. The second kappa shape index (κ2) is 9.14. The van der Waals surface area contributed by atoms with Gasteiger partial charge in [0.2, 0.25) is 5.91 Å². The molecule has 1 aromatic carbocycles. The van der Waals surface area contributed by atoms with Crippen LogP contribution in [0.4, 0.5) is 10.1 Å². The molecule has 1 aliphatic rings. The van der Waals surface area contributed by atoms with Gasteiger partial charge in [0.25, 0.3) is 5.91 Å². The SMILES string of the molecule is CC(C)C[C@H](C(=O)N1CCN(c2ccccc2F)C[C@@H]1C)[C@H](O)C(=O)NO. The number of carbonyl (C=O) groups is 2. The zero-order valence-electron chi connectivity index (χ0n) is 15.9. The molecule has 3 atom stereocenters. The van der Waals surface area contributed by atoms with Crippen molar-refractivity contribution in [2.24, 2.45) is 11.8 Å². The van der Waals surface area contributed by atoms with Gasteiger partial charge in [-0.25, -0.2) is 9.87 Å². The number of nitrogens with zero attached hydrogens (tertiary/aromatic N) is 2. The molecule has 27 heavy (non-hydrogen) atoms. The first-order valence-electron chi connectivity index (χ1n) is 9.18. The quantitative estimate of drug-likeness (QED) is 0.512. The van der Waals surface area contributed by atoms with Crippen LogP contribution >= 0.6 is 0 Å². The van der Waals surface area contributed by atoms with Crippen LogP contribution in [-0.2, 0) is 9.59 Å². The number of halogens is 1. The first kappa shape index (κ1) is 21.1. The number of hydrogen-bond acceptors (Lipinski definition) is 5. The van der Waals surface area contributed by atoms with Crippen LogP contribution in [0, 0.1) is 17.7 Å². The summed E-state index contributed by atoms with van der Waals surface area (Å²) in [6, 6.07) is 6.29. The summed E-state index contributed by atoms with van der Waals surface area (Å²) in [6.45, 7) is 6.90. The molecule has 1 fully saturated rings. The molecule has 2 amide bonds. The number of aliphatic hydroxyl groups excluding tert-OH is 1. The predicted molar refractivity (Wildman–Crippen MR) is 98.7 cm³/mol. The van der Waals surface area contributed by atoms with E-state index in [0.717, 1.165) is 0 Å². The van der Waals surface area contributed by atoms with E-state index in [9.17, 15) is 19.1 Å². The Morgan fingerprint density at radius 2 is 1.96 bits per heavy atom. The zero-order valence-corrected chi connectivity index (χ0v) is 15.9. The summed E-state index contributed by atoms with van der Waals surface area (Å²) in [6.07, 6.45) is -1.31. The lowest BCUT2D eigenvalue weighted by atomic mass is 9.89. The van der Waals surface area contributed by atoms with Crippen LogP contribution in [0.5, 0.6) is 0 Å². The van der Waals surface area contributed by atoms with E-state index in [1.54, 1.807) is 23.1 Å². The van der Waals surface area contributed by atoms with Gasteiger partial charge in [0.1, 0.15) is 11.9 Å². The van der Waals surface area contributed by atoms with Gasteiger partial charge in [-0.3, -0.25) is 14.8 Å². The summed E-state index contributed by atoms with van der Waals surface area (Å²) in [4.78, 5) is 28.2. The summed E-state index contributed by atoms with van der Waals surface area (Å²) in [7, 11) is 0. The van der Waals surface area contributed by atoms with Gasteiger partial charge < -0.3 is 14.9 Å². The lowest BCUT2D eigenvalue weighted by molar-refractivity contribution is -0.152. The number of nitrogens with one attached hydrogen (secondary N) is 1. The first-order valence-corrected chi connectivity index (χ1v) is 9.18. The number of hydroxylamine groups is 1. The highest BCUT2D eigenvalue weighted by atomic mass is 19.1. The number of amides is 2. The maximum Gasteiger partial charge on any atom is 0.272 e. The van der Waals surface area contributed by atoms with Crippen LogP contribution in [0.3, 0.4) is 0 Å². The number of benzene rings is 1. The van der Waals surface area contributed by atoms with Crippen molar-refractivity contribution in [3.8, 4) is 0 Å². The highest BCUT2D eigenvalue weighted by Crippen LogP contribution is 2.25. The molecule has 0 saturated carbocycles. The van der Waals surface area contributed by atoms with Gasteiger partial charge in [-0.2, -0.15) is 0 Å². The standard InChI is InChI=1S/C19H28FN3O4/c1-12(2)10-14(17(24)18(25)21-27)19(26)23-9-8-22(11-13(23)3)16-7-5-4-6-15(16)20/h4-7,12-14,17,24,27H,8-11H2,1-3H3,(H,21,25)/t13-,14-,17-/m0/s1. The zero-order chi connectivity index (χ0) is 20.1. The summed E-state index contributed by atoms with van der Waals surface area (Å²) < 4.78 is 14.0. The van der Waals surface area contributed by atoms with Gasteiger partial charge in [0.15, 0.2) is 0 Å². The molecule has 0 unspecified atom stereocenters. The highest BCUT2D eigenvalue weighted by molar-refractivity contribution is 5.89. The van der Waals surface area contributed by atoms with Gasteiger partial charge in [-0.1, -0.05) is 26.0 Å². The number of piperazine rings is 1. The van der Waals surface area contributed by atoms with Crippen molar-refractivity contribution in [1.29, 1.82) is 0 Å². The number of carbonyl (C=O) groups excluding carboxylic acids is 2. The minimum atomic E-state index is -1.62. The first-order chi connectivity index (χ1) is 12.8. The van der Waals surface area contributed by atoms with Crippen LogP contribution in [0.15, 0.2) is 24.3 Å². The monoisotopic (exact) mass is 381 g/mol. The summed E-state index contributed by atoms with van der Waals surface area (Å²) in [5.74, 6) is -2.50. The molecule has 3 N–H and O–H groups in total. The molecule has 1 heterocycles. The van der Waals surface area contributed by atoms with Gasteiger partial charge >= 0.3 is 0 Å². The Hall–Kier alpha value is -2.19. The lowest BCUT2D eigenvalue weighted by Gasteiger charge is -2.42. The van der Waals surface area contributed by atoms with E-state index in [0.29, 0.717) is 31.7 Å². The second-order valence-electron chi connectivity index (χ2n) is 7.44. The fourth-order valence-corrected chi connectivity index (χ4v) is 3.55. The minimum absolute atomic E-state index is 0.0788. The molecule has 8 heteroatoms. The average Bonchev–Trinajstić information content (AvgIpc) is 2.64. The van der Waals surface area contributed by atoms with Crippen molar-refractivity contribution in [3.63, 3.8) is 0 Å².